The highest BCUT2D eigenvalue weighted by Crippen LogP contribution is 2.26. The summed E-state index contributed by atoms with van der Waals surface area (Å²) in [7, 11) is 0. The molecule has 4 nitrogen and oxygen atoms in total. The van der Waals surface area contributed by atoms with Gasteiger partial charge in [0.15, 0.2) is 0 Å². The van der Waals surface area contributed by atoms with E-state index in [1.165, 1.54) is 0 Å². The Hall–Kier alpha value is -1.55. The second-order valence-electron chi connectivity index (χ2n) is 5.09. The van der Waals surface area contributed by atoms with Crippen LogP contribution in [-0.2, 0) is 0 Å². The molecule has 98 valence electrons. The van der Waals surface area contributed by atoms with E-state index in [0.717, 1.165) is 30.8 Å². The Labute approximate surface area is 107 Å². The van der Waals surface area contributed by atoms with E-state index in [2.05, 4.69) is 4.90 Å². The monoisotopic (exact) mass is 249 g/mol. The molecule has 2 atom stereocenters. The van der Waals surface area contributed by atoms with Gasteiger partial charge in [0.25, 0.3) is 0 Å². The van der Waals surface area contributed by atoms with Crippen LogP contribution in [0, 0.1) is 12.8 Å². The number of nitrogens with zero attached hydrogens (tertiary/aromatic N) is 1. The second-order valence-corrected chi connectivity index (χ2v) is 5.09. The van der Waals surface area contributed by atoms with Crippen LogP contribution in [0.4, 0.5) is 5.69 Å². The van der Waals surface area contributed by atoms with Gasteiger partial charge < -0.3 is 15.1 Å². The zero-order chi connectivity index (χ0) is 13.3. The first-order valence-corrected chi connectivity index (χ1v) is 6.26. The van der Waals surface area contributed by atoms with Crippen LogP contribution in [0.25, 0.3) is 0 Å². The molecule has 1 heterocycles. The quantitative estimate of drug-likeness (QED) is 0.840. The van der Waals surface area contributed by atoms with Gasteiger partial charge in [-0.05, 0) is 43.0 Å². The normalized spacial score (nSPS) is 24.1. The summed E-state index contributed by atoms with van der Waals surface area (Å²) in [5.41, 5.74) is 2.36. The summed E-state index contributed by atoms with van der Waals surface area (Å²) in [6.07, 6.45) is 0.543. The SMILES string of the molecule is Cc1cc(C(=O)O)ccc1N1CCC(O)C(C)C1. The number of anilines is 1. The van der Waals surface area contributed by atoms with Crippen LogP contribution in [0.2, 0.25) is 0 Å². The highest BCUT2D eigenvalue weighted by Gasteiger charge is 2.25. The summed E-state index contributed by atoms with van der Waals surface area (Å²) in [6, 6.07) is 5.21. The molecule has 4 heteroatoms. The van der Waals surface area contributed by atoms with Crippen molar-refractivity contribution in [2.45, 2.75) is 26.4 Å². The molecule has 0 bridgehead atoms. The van der Waals surface area contributed by atoms with Gasteiger partial charge in [0.2, 0.25) is 0 Å². The van der Waals surface area contributed by atoms with Crippen molar-refractivity contribution >= 4 is 11.7 Å². The van der Waals surface area contributed by atoms with Crippen molar-refractivity contribution in [1.82, 2.24) is 0 Å². The van der Waals surface area contributed by atoms with E-state index >= 15 is 0 Å². The van der Waals surface area contributed by atoms with E-state index in [-0.39, 0.29) is 12.0 Å². The third-order valence-corrected chi connectivity index (χ3v) is 3.64. The number of benzene rings is 1. The lowest BCUT2D eigenvalue weighted by molar-refractivity contribution is 0.0697. The first-order valence-electron chi connectivity index (χ1n) is 6.26. The largest absolute Gasteiger partial charge is 0.478 e. The van der Waals surface area contributed by atoms with Gasteiger partial charge in [0.05, 0.1) is 11.7 Å². The minimum atomic E-state index is -0.896. The summed E-state index contributed by atoms with van der Waals surface area (Å²) < 4.78 is 0. The molecule has 0 radical (unpaired) electrons. The molecule has 1 aromatic rings. The first-order chi connectivity index (χ1) is 8.49. The highest BCUT2D eigenvalue weighted by molar-refractivity contribution is 5.88. The van der Waals surface area contributed by atoms with Crippen molar-refractivity contribution in [2.75, 3.05) is 18.0 Å². The molecular formula is C14H19NO3. The molecule has 0 saturated carbocycles. The number of hydrogen-bond acceptors (Lipinski definition) is 3. The average molecular weight is 249 g/mol. The van der Waals surface area contributed by atoms with Crippen LogP contribution in [0.1, 0.15) is 29.3 Å². The molecule has 2 rings (SSSR count). The molecule has 0 amide bonds. The molecular weight excluding hydrogens is 230 g/mol. The number of rotatable bonds is 2. The predicted octanol–water partition coefficient (Wildman–Crippen LogP) is 1.90. The van der Waals surface area contributed by atoms with Crippen LogP contribution in [0.15, 0.2) is 18.2 Å². The van der Waals surface area contributed by atoms with Crippen LogP contribution in [0.5, 0.6) is 0 Å². The number of aliphatic hydroxyl groups is 1. The minimum absolute atomic E-state index is 0.222. The third kappa shape index (κ3) is 2.48. The van der Waals surface area contributed by atoms with Gasteiger partial charge in [-0.25, -0.2) is 4.79 Å². The summed E-state index contributed by atoms with van der Waals surface area (Å²) in [5.74, 6) is -0.649. The molecule has 2 N–H and O–H groups in total. The summed E-state index contributed by atoms with van der Waals surface area (Å²) in [6.45, 7) is 5.60. The standard InChI is InChI=1S/C14H19NO3/c1-9-7-11(14(17)18)3-4-12(9)15-6-5-13(16)10(2)8-15/h3-4,7,10,13,16H,5-6,8H2,1-2H3,(H,17,18). The Morgan fingerprint density at radius 3 is 2.72 bits per heavy atom. The molecule has 2 unspecified atom stereocenters. The summed E-state index contributed by atoms with van der Waals surface area (Å²) in [5, 5.41) is 18.7. The summed E-state index contributed by atoms with van der Waals surface area (Å²) >= 11 is 0. The van der Waals surface area contributed by atoms with Gasteiger partial charge >= 0.3 is 5.97 Å². The van der Waals surface area contributed by atoms with Gasteiger partial charge in [-0.15, -0.1) is 0 Å². The number of aryl methyl sites for hydroxylation is 1. The average Bonchev–Trinajstić information content (AvgIpc) is 2.32. The maximum Gasteiger partial charge on any atom is 0.335 e. The Morgan fingerprint density at radius 2 is 2.17 bits per heavy atom. The number of carbonyl (C=O) groups is 1. The first kappa shape index (κ1) is 12.9. The molecule has 1 aliphatic heterocycles. The van der Waals surface area contributed by atoms with Crippen molar-refractivity contribution in [3.05, 3.63) is 29.3 Å². The van der Waals surface area contributed by atoms with Crippen LogP contribution < -0.4 is 4.90 Å². The zero-order valence-corrected chi connectivity index (χ0v) is 10.8. The molecule has 1 aliphatic rings. The number of hydrogen-bond donors (Lipinski definition) is 2. The van der Waals surface area contributed by atoms with E-state index in [1.54, 1.807) is 12.1 Å². The van der Waals surface area contributed by atoms with Gasteiger partial charge in [0.1, 0.15) is 0 Å². The van der Waals surface area contributed by atoms with Crippen LogP contribution >= 0.6 is 0 Å². The fourth-order valence-corrected chi connectivity index (χ4v) is 2.50. The Kier molecular flexibility index (Phi) is 3.57. The Balaban J connectivity index is 2.21. The van der Waals surface area contributed by atoms with Crippen molar-refractivity contribution in [1.29, 1.82) is 0 Å². The van der Waals surface area contributed by atoms with Crippen molar-refractivity contribution in [2.24, 2.45) is 5.92 Å². The molecule has 1 fully saturated rings. The Morgan fingerprint density at radius 1 is 1.44 bits per heavy atom. The predicted molar refractivity (Wildman–Crippen MR) is 70.1 cm³/mol. The number of carboxylic acids is 1. The molecule has 18 heavy (non-hydrogen) atoms. The van der Waals surface area contributed by atoms with Gasteiger partial charge in [-0.3, -0.25) is 0 Å². The van der Waals surface area contributed by atoms with Gasteiger partial charge in [0, 0.05) is 18.8 Å². The van der Waals surface area contributed by atoms with E-state index in [1.807, 2.05) is 19.9 Å². The fraction of sp³-hybridized carbons (Fsp3) is 0.500. The van der Waals surface area contributed by atoms with E-state index in [9.17, 15) is 9.90 Å². The number of piperidine rings is 1. The van der Waals surface area contributed by atoms with Crippen LogP contribution in [0.3, 0.4) is 0 Å². The molecule has 0 aliphatic carbocycles. The number of aliphatic hydroxyl groups excluding tert-OH is 1. The van der Waals surface area contributed by atoms with Crippen molar-refractivity contribution in [3.8, 4) is 0 Å². The second kappa shape index (κ2) is 4.98. The summed E-state index contributed by atoms with van der Waals surface area (Å²) in [4.78, 5) is 13.1. The van der Waals surface area contributed by atoms with E-state index < -0.39 is 5.97 Å². The van der Waals surface area contributed by atoms with Crippen molar-refractivity contribution < 1.29 is 15.0 Å². The highest BCUT2D eigenvalue weighted by atomic mass is 16.4. The lowest BCUT2D eigenvalue weighted by Crippen LogP contribution is -2.42. The van der Waals surface area contributed by atoms with Crippen LogP contribution in [-0.4, -0.2) is 35.4 Å². The van der Waals surface area contributed by atoms with Gasteiger partial charge in [-0.2, -0.15) is 0 Å². The fourth-order valence-electron chi connectivity index (χ4n) is 2.50. The smallest absolute Gasteiger partial charge is 0.335 e. The van der Waals surface area contributed by atoms with E-state index in [0.29, 0.717) is 5.56 Å². The maximum atomic E-state index is 10.9. The van der Waals surface area contributed by atoms with Crippen molar-refractivity contribution in [3.63, 3.8) is 0 Å². The lowest BCUT2D eigenvalue weighted by atomic mass is 9.95. The topological polar surface area (TPSA) is 60.8 Å². The third-order valence-electron chi connectivity index (χ3n) is 3.64. The van der Waals surface area contributed by atoms with Gasteiger partial charge in [-0.1, -0.05) is 6.92 Å². The number of carboxylic acid groups (broad SMARTS) is 1. The molecule has 0 spiro atoms. The lowest BCUT2D eigenvalue weighted by Gasteiger charge is -2.36. The van der Waals surface area contributed by atoms with E-state index in [4.69, 9.17) is 5.11 Å². The Bertz CT molecular complexity index is 458. The molecule has 1 saturated heterocycles. The zero-order valence-electron chi connectivity index (χ0n) is 10.8. The minimum Gasteiger partial charge on any atom is -0.478 e. The molecule has 0 aromatic heterocycles. The maximum absolute atomic E-state index is 10.9. The molecule has 1 aromatic carbocycles. The number of aromatic carboxylic acids is 1.